The van der Waals surface area contributed by atoms with Crippen LogP contribution in [0.15, 0.2) is 24.3 Å². The molecule has 0 saturated carbocycles. The van der Waals surface area contributed by atoms with Crippen molar-refractivity contribution in [3.05, 3.63) is 41.2 Å². The smallest absolute Gasteiger partial charge is 0.165 e. The van der Waals surface area contributed by atoms with Gasteiger partial charge >= 0.3 is 0 Å². The van der Waals surface area contributed by atoms with Gasteiger partial charge in [-0.1, -0.05) is 36.8 Å². The van der Waals surface area contributed by atoms with Crippen LogP contribution < -0.4 is 0 Å². The first kappa shape index (κ1) is 14.7. The number of aryl methyl sites for hydroxylation is 2. The highest BCUT2D eigenvalue weighted by Gasteiger charge is 2.15. The second-order valence-corrected chi connectivity index (χ2v) is 5.32. The van der Waals surface area contributed by atoms with E-state index in [2.05, 4.69) is 72.5 Å². The molecule has 1 aromatic carbocycles. The van der Waals surface area contributed by atoms with Crippen molar-refractivity contribution in [2.45, 2.75) is 46.3 Å². The Kier molecular flexibility index (Phi) is 4.84. The Balaban J connectivity index is 2.05. The molecule has 0 aliphatic heterocycles. The molecule has 2 aromatic rings. The Labute approximate surface area is 120 Å². The lowest BCUT2D eigenvalue weighted by molar-refractivity contribution is 0.241. The van der Waals surface area contributed by atoms with Crippen molar-refractivity contribution in [3.63, 3.8) is 0 Å². The number of tetrazole rings is 1. The lowest BCUT2D eigenvalue weighted by Gasteiger charge is -2.24. The van der Waals surface area contributed by atoms with Crippen molar-refractivity contribution in [2.24, 2.45) is 0 Å². The molecule has 0 fully saturated rings. The van der Waals surface area contributed by atoms with Crippen molar-refractivity contribution < 1.29 is 0 Å². The summed E-state index contributed by atoms with van der Waals surface area (Å²) in [6.07, 6.45) is 1.04. The average Bonchev–Trinajstić information content (AvgIpc) is 2.86. The molecule has 0 saturated heterocycles. The fourth-order valence-corrected chi connectivity index (χ4v) is 2.18. The molecule has 1 atom stereocenters. The standard InChI is InChI=1S/C15H23N5/c1-5-10-20-15(16-17-18-20)11-19(4)13(3)14-8-6-12(2)7-9-14/h6-9,13H,5,10-11H2,1-4H3/t13-/m0/s1. The first-order chi connectivity index (χ1) is 9.61. The molecule has 108 valence electrons. The summed E-state index contributed by atoms with van der Waals surface area (Å²) in [6, 6.07) is 9.01. The van der Waals surface area contributed by atoms with Gasteiger partial charge < -0.3 is 0 Å². The zero-order chi connectivity index (χ0) is 14.5. The van der Waals surface area contributed by atoms with Gasteiger partial charge in [-0.2, -0.15) is 0 Å². The molecule has 0 bridgehead atoms. The molecule has 5 nitrogen and oxygen atoms in total. The number of hydrogen-bond acceptors (Lipinski definition) is 4. The van der Waals surface area contributed by atoms with Gasteiger partial charge in [0.2, 0.25) is 0 Å². The Hall–Kier alpha value is -1.75. The molecule has 0 radical (unpaired) electrons. The predicted molar refractivity (Wildman–Crippen MR) is 79.2 cm³/mol. The molecule has 5 heteroatoms. The molecule has 1 heterocycles. The number of benzene rings is 1. The number of nitrogens with zero attached hydrogens (tertiary/aromatic N) is 5. The van der Waals surface area contributed by atoms with E-state index in [9.17, 15) is 0 Å². The summed E-state index contributed by atoms with van der Waals surface area (Å²) < 4.78 is 1.89. The number of aromatic nitrogens is 4. The van der Waals surface area contributed by atoms with E-state index in [1.807, 2.05) is 4.68 Å². The van der Waals surface area contributed by atoms with Crippen molar-refractivity contribution in [3.8, 4) is 0 Å². The van der Waals surface area contributed by atoms with Crippen LogP contribution in [0.4, 0.5) is 0 Å². The topological polar surface area (TPSA) is 46.8 Å². The summed E-state index contributed by atoms with van der Waals surface area (Å²) in [5.74, 6) is 0.924. The summed E-state index contributed by atoms with van der Waals surface area (Å²) in [4.78, 5) is 2.27. The Bertz CT molecular complexity index is 531. The minimum atomic E-state index is 0.336. The van der Waals surface area contributed by atoms with Crippen LogP contribution in [-0.2, 0) is 13.1 Å². The SMILES string of the molecule is CCCn1nnnc1CN(C)[C@@H](C)c1ccc(C)cc1. The Morgan fingerprint density at radius 1 is 1.25 bits per heavy atom. The maximum absolute atomic E-state index is 4.13. The van der Waals surface area contributed by atoms with Gasteiger partial charge in [0.25, 0.3) is 0 Å². The second kappa shape index (κ2) is 6.61. The van der Waals surface area contributed by atoms with Gasteiger partial charge in [-0.25, -0.2) is 4.68 Å². The van der Waals surface area contributed by atoms with E-state index in [4.69, 9.17) is 0 Å². The maximum atomic E-state index is 4.13. The first-order valence-corrected chi connectivity index (χ1v) is 7.13. The lowest BCUT2D eigenvalue weighted by atomic mass is 10.1. The van der Waals surface area contributed by atoms with E-state index < -0.39 is 0 Å². The van der Waals surface area contributed by atoms with Gasteiger partial charge in [0.1, 0.15) is 0 Å². The van der Waals surface area contributed by atoms with Crippen LogP contribution in [0.1, 0.15) is 43.3 Å². The first-order valence-electron chi connectivity index (χ1n) is 7.13. The largest absolute Gasteiger partial charge is 0.292 e. The Morgan fingerprint density at radius 2 is 1.95 bits per heavy atom. The monoisotopic (exact) mass is 273 g/mol. The normalized spacial score (nSPS) is 12.8. The summed E-state index contributed by atoms with van der Waals surface area (Å²) >= 11 is 0. The van der Waals surface area contributed by atoms with Crippen molar-refractivity contribution in [1.82, 2.24) is 25.1 Å². The molecule has 0 N–H and O–H groups in total. The van der Waals surface area contributed by atoms with Crippen molar-refractivity contribution >= 4 is 0 Å². The zero-order valence-corrected chi connectivity index (χ0v) is 12.7. The molecule has 0 spiro atoms. The van der Waals surface area contributed by atoms with Crippen LogP contribution in [0.5, 0.6) is 0 Å². The van der Waals surface area contributed by atoms with Crippen LogP contribution in [-0.4, -0.2) is 32.2 Å². The molecule has 1 aromatic heterocycles. The van der Waals surface area contributed by atoms with Crippen LogP contribution in [0.3, 0.4) is 0 Å². The number of rotatable bonds is 6. The lowest BCUT2D eigenvalue weighted by Crippen LogP contribution is -2.24. The van der Waals surface area contributed by atoms with Crippen LogP contribution in [0.2, 0.25) is 0 Å². The summed E-state index contributed by atoms with van der Waals surface area (Å²) in [6.45, 7) is 8.07. The third kappa shape index (κ3) is 3.42. The Morgan fingerprint density at radius 3 is 2.60 bits per heavy atom. The van der Waals surface area contributed by atoms with Crippen LogP contribution in [0, 0.1) is 6.92 Å². The van der Waals surface area contributed by atoms with Gasteiger partial charge in [0.15, 0.2) is 5.82 Å². The fraction of sp³-hybridized carbons (Fsp3) is 0.533. The number of hydrogen-bond donors (Lipinski definition) is 0. The van der Waals surface area contributed by atoms with E-state index in [1.54, 1.807) is 0 Å². The minimum absolute atomic E-state index is 0.336. The summed E-state index contributed by atoms with van der Waals surface area (Å²) in [7, 11) is 2.11. The molecule has 2 rings (SSSR count). The van der Waals surface area contributed by atoms with Gasteiger partial charge in [-0.05, 0) is 43.3 Å². The van der Waals surface area contributed by atoms with E-state index in [1.165, 1.54) is 11.1 Å². The third-order valence-electron chi connectivity index (χ3n) is 3.65. The van der Waals surface area contributed by atoms with Crippen LogP contribution in [0.25, 0.3) is 0 Å². The third-order valence-corrected chi connectivity index (χ3v) is 3.65. The minimum Gasteiger partial charge on any atom is -0.292 e. The highest BCUT2D eigenvalue weighted by molar-refractivity contribution is 5.23. The van der Waals surface area contributed by atoms with E-state index >= 15 is 0 Å². The molecule has 0 aliphatic carbocycles. The summed E-state index contributed by atoms with van der Waals surface area (Å²) in [5.41, 5.74) is 2.60. The summed E-state index contributed by atoms with van der Waals surface area (Å²) in [5, 5.41) is 11.9. The maximum Gasteiger partial charge on any atom is 0.165 e. The molecular formula is C15H23N5. The van der Waals surface area contributed by atoms with E-state index in [-0.39, 0.29) is 0 Å². The predicted octanol–water partition coefficient (Wildman–Crippen LogP) is 2.58. The van der Waals surface area contributed by atoms with Gasteiger partial charge in [-0.3, -0.25) is 4.90 Å². The van der Waals surface area contributed by atoms with E-state index in [0.717, 1.165) is 25.3 Å². The van der Waals surface area contributed by atoms with Crippen molar-refractivity contribution in [1.29, 1.82) is 0 Å². The average molecular weight is 273 g/mol. The van der Waals surface area contributed by atoms with Gasteiger partial charge in [0.05, 0.1) is 6.54 Å². The molecule has 0 unspecified atom stereocenters. The van der Waals surface area contributed by atoms with Crippen LogP contribution >= 0.6 is 0 Å². The second-order valence-electron chi connectivity index (χ2n) is 5.32. The van der Waals surface area contributed by atoms with Gasteiger partial charge in [0, 0.05) is 12.6 Å². The quantitative estimate of drug-likeness (QED) is 0.811. The zero-order valence-electron chi connectivity index (χ0n) is 12.7. The molecule has 0 aliphatic rings. The molecule has 0 amide bonds. The highest BCUT2D eigenvalue weighted by atomic mass is 15.5. The van der Waals surface area contributed by atoms with Gasteiger partial charge in [-0.15, -0.1) is 5.10 Å². The van der Waals surface area contributed by atoms with E-state index in [0.29, 0.717) is 6.04 Å². The molecule has 20 heavy (non-hydrogen) atoms. The fourth-order valence-electron chi connectivity index (χ4n) is 2.18. The van der Waals surface area contributed by atoms with Crippen molar-refractivity contribution in [2.75, 3.05) is 7.05 Å². The highest BCUT2D eigenvalue weighted by Crippen LogP contribution is 2.20. The molecular weight excluding hydrogens is 250 g/mol.